The fraction of sp³-hybridized carbons (Fsp3) is 0.130. The summed E-state index contributed by atoms with van der Waals surface area (Å²) in [5, 5.41) is 13.8. The summed E-state index contributed by atoms with van der Waals surface area (Å²) in [6.07, 6.45) is 0.968. The van der Waals surface area contributed by atoms with Gasteiger partial charge in [-0.1, -0.05) is 41.9 Å². The number of benzene rings is 3. The highest BCUT2D eigenvalue weighted by Crippen LogP contribution is 2.32. The SMILES string of the molecule is O=C(Nc1ccc2c(c1)CCC(=O)N2Cc1ccccc1)c1ccc(Cl)c([N+](=O)[O-])c1. The number of nitro benzene ring substituents is 1. The lowest BCUT2D eigenvalue weighted by atomic mass is 9.99. The van der Waals surface area contributed by atoms with Crippen LogP contribution in [0.1, 0.15) is 27.9 Å². The molecule has 0 aliphatic carbocycles. The zero-order valence-corrected chi connectivity index (χ0v) is 17.1. The van der Waals surface area contributed by atoms with Crippen LogP contribution in [0.25, 0.3) is 0 Å². The number of nitro groups is 1. The average Bonchev–Trinajstić information content (AvgIpc) is 2.76. The van der Waals surface area contributed by atoms with Crippen LogP contribution in [0.15, 0.2) is 66.7 Å². The van der Waals surface area contributed by atoms with Gasteiger partial charge in [0.2, 0.25) is 5.91 Å². The average molecular weight is 436 g/mol. The molecule has 8 heteroatoms. The van der Waals surface area contributed by atoms with Crippen LogP contribution >= 0.6 is 11.6 Å². The highest BCUT2D eigenvalue weighted by atomic mass is 35.5. The molecule has 1 N–H and O–H groups in total. The Labute approximate surface area is 183 Å². The van der Waals surface area contributed by atoms with Gasteiger partial charge in [-0.25, -0.2) is 0 Å². The van der Waals surface area contributed by atoms with Gasteiger partial charge in [-0.2, -0.15) is 0 Å². The Hall–Kier alpha value is -3.71. The van der Waals surface area contributed by atoms with Crippen LogP contribution in [0.3, 0.4) is 0 Å². The summed E-state index contributed by atoms with van der Waals surface area (Å²) in [7, 11) is 0. The summed E-state index contributed by atoms with van der Waals surface area (Å²) in [6, 6.07) is 19.0. The molecule has 156 valence electrons. The lowest BCUT2D eigenvalue weighted by molar-refractivity contribution is -0.384. The van der Waals surface area contributed by atoms with E-state index < -0.39 is 10.8 Å². The molecule has 1 aliphatic rings. The number of fused-ring (bicyclic) bond motifs is 1. The Balaban J connectivity index is 1.56. The first-order chi connectivity index (χ1) is 14.9. The van der Waals surface area contributed by atoms with Crippen molar-refractivity contribution in [2.45, 2.75) is 19.4 Å². The van der Waals surface area contributed by atoms with Crippen molar-refractivity contribution in [1.82, 2.24) is 0 Å². The summed E-state index contributed by atoms with van der Waals surface area (Å²) in [5.74, 6) is -0.422. The highest BCUT2D eigenvalue weighted by molar-refractivity contribution is 6.32. The second-order valence-electron chi connectivity index (χ2n) is 7.19. The standard InChI is InChI=1S/C23H18ClN3O4/c24-19-9-6-17(13-21(19)27(30)31)23(29)25-18-8-10-20-16(12-18)7-11-22(28)26(20)14-15-4-2-1-3-5-15/h1-6,8-10,12-13H,7,11,14H2,(H,25,29). The minimum absolute atomic E-state index is 0.0292. The Bertz CT molecular complexity index is 1180. The molecular formula is C23H18ClN3O4. The van der Waals surface area contributed by atoms with E-state index in [1.807, 2.05) is 42.5 Å². The quantitative estimate of drug-likeness (QED) is 0.451. The minimum atomic E-state index is -0.629. The number of carbonyl (C=O) groups excluding carboxylic acids is 2. The van der Waals surface area contributed by atoms with Crippen LogP contribution in [0.4, 0.5) is 17.1 Å². The number of aryl methyl sites for hydroxylation is 1. The number of rotatable bonds is 5. The third kappa shape index (κ3) is 4.41. The summed E-state index contributed by atoms with van der Waals surface area (Å²) >= 11 is 5.81. The Kier molecular flexibility index (Phi) is 5.68. The first-order valence-corrected chi connectivity index (χ1v) is 10.0. The number of nitrogens with one attached hydrogen (secondary N) is 1. The van der Waals surface area contributed by atoms with E-state index in [4.69, 9.17) is 11.6 Å². The monoisotopic (exact) mass is 435 g/mol. The summed E-state index contributed by atoms with van der Waals surface area (Å²) < 4.78 is 0. The van der Waals surface area contributed by atoms with Crippen LogP contribution in [-0.2, 0) is 17.8 Å². The number of carbonyl (C=O) groups is 2. The van der Waals surface area contributed by atoms with Gasteiger partial charge >= 0.3 is 0 Å². The maximum atomic E-state index is 12.6. The molecule has 0 aromatic heterocycles. The Morgan fingerprint density at radius 2 is 1.84 bits per heavy atom. The summed E-state index contributed by atoms with van der Waals surface area (Å²) in [5.41, 5.74) is 3.17. The van der Waals surface area contributed by atoms with E-state index in [9.17, 15) is 19.7 Å². The van der Waals surface area contributed by atoms with Crippen molar-refractivity contribution in [3.8, 4) is 0 Å². The van der Waals surface area contributed by atoms with Crippen molar-refractivity contribution in [3.05, 3.63) is 98.6 Å². The van der Waals surface area contributed by atoms with Crippen LogP contribution in [0, 0.1) is 10.1 Å². The maximum Gasteiger partial charge on any atom is 0.288 e. The molecular weight excluding hydrogens is 418 g/mol. The molecule has 31 heavy (non-hydrogen) atoms. The van der Waals surface area contributed by atoms with Gasteiger partial charge in [-0.15, -0.1) is 0 Å². The molecule has 0 saturated carbocycles. The molecule has 7 nitrogen and oxygen atoms in total. The van der Waals surface area contributed by atoms with Crippen molar-refractivity contribution < 1.29 is 14.5 Å². The first-order valence-electron chi connectivity index (χ1n) is 9.65. The zero-order valence-electron chi connectivity index (χ0n) is 16.4. The number of hydrogen-bond donors (Lipinski definition) is 1. The van der Waals surface area contributed by atoms with Gasteiger partial charge in [0, 0.05) is 29.4 Å². The van der Waals surface area contributed by atoms with E-state index in [1.165, 1.54) is 12.1 Å². The van der Waals surface area contributed by atoms with E-state index in [1.54, 1.807) is 11.0 Å². The van der Waals surface area contributed by atoms with Gasteiger partial charge in [0.05, 0.1) is 11.5 Å². The van der Waals surface area contributed by atoms with E-state index in [-0.39, 0.29) is 22.2 Å². The highest BCUT2D eigenvalue weighted by Gasteiger charge is 2.25. The van der Waals surface area contributed by atoms with Gasteiger partial charge < -0.3 is 10.2 Å². The second-order valence-corrected chi connectivity index (χ2v) is 7.59. The Morgan fingerprint density at radius 1 is 1.06 bits per heavy atom. The molecule has 2 amide bonds. The molecule has 0 saturated heterocycles. The normalized spacial score (nSPS) is 12.9. The van der Waals surface area contributed by atoms with Crippen molar-refractivity contribution in [1.29, 1.82) is 0 Å². The number of nitrogens with zero attached hydrogens (tertiary/aromatic N) is 2. The molecule has 3 aromatic carbocycles. The number of hydrogen-bond acceptors (Lipinski definition) is 4. The lowest BCUT2D eigenvalue weighted by Gasteiger charge is -2.30. The predicted octanol–water partition coefficient (Wildman–Crippen LogP) is 4.98. The summed E-state index contributed by atoms with van der Waals surface area (Å²) in [6.45, 7) is 0.479. The molecule has 1 heterocycles. The predicted molar refractivity (Wildman–Crippen MR) is 118 cm³/mol. The van der Waals surface area contributed by atoms with Gasteiger partial charge in [0.15, 0.2) is 0 Å². The molecule has 0 unspecified atom stereocenters. The third-order valence-electron chi connectivity index (χ3n) is 5.13. The zero-order chi connectivity index (χ0) is 22.0. The molecule has 0 fully saturated rings. The largest absolute Gasteiger partial charge is 0.322 e. The maximum absolute atomic E-state index is 12.6. The molecule has 1 aliphatic heterocycles. The van der Waals surface area contributed by atoms with E-state index >= 15 is 0 Å². The molecule has 0 spiro atoms. The fourth-order valence-corrected chi connectivity index (χ4v) is 3.76. The van der Waals surface area contributed by atoms with Gasteiger partial charge in [0.1, 0.15) is 5.02 Å². The first kappa shape index (κ1) is 20.6. The van der Waals surface area contributed by atoms with Gasteiger partial charge in [-0.3, -0.25) is 19.7 Å². The van der Waals surface area contributed by atoms with Gasteiger partial charge in [-0.05, 0) is 47.9 Å². The van der Waals surface area contributed by atoms with Crippen molar-refractivity contribution >= 4 is 40.5 Å². The van der Waals surface area contributed by atoms with Crippen LogP contribution < -0.4 is 10.2 Å². The molecule has 0 radical (unpaired) electrons. The third-order valence-corrected chi connectivity index (χ3v) is 5.45. The van der Waals surface area contributed by atoms with Crippen LogP contribution in [0.2, 0.25) is 5.02 Å². The van der Waals surface area contributed by atoms with Crippen molar-refractivity contribution in [2.24, 2.45) is 0 Å². The van der Waals surface area contributed by atoms with Crippen LogP contribution in [-0.4, -0.2) is 16.7 Å². The van der Waals surface area contributed by atoms with Crippen LogP contribution in [0.5, 0.6) is 0 Å². The molecule has 3 aromatic rings. The minimum Gasteiger partial charge on any atom is -0.322 e. The number of halogens is 1. The fourth-order valence-electron chi connectivity index (χ4n) is 3.57. The second kappa shape index (κ2) is 8.57. The number of anilines is 2. The lowest BCUT2D eigenvalue weighted by Crippen LogP contribution is -2.34. The molecule has 0 atom stereocenters. The smallest absolute Gasteiger partial charge is 0.288 e. The molecule has 4 rings (SSSR count). The number of amides is 2. The van der Waals surface area contributed by atoms with Gasteiger partial charge in [0.25, 0.3) is 11.6 Å². The van der Waals surface area contributed by atoms with Crippen molar-refractivity contribution in [3.63, 3.8) is 0 Å². The van der Waals surface area contributed by atoms with E-state index in [2.05, 4.69) is 5.32 Å². The van der Waals surface area contributed by atoms with Crippen molar-refractivity contribution in [2.75, 3.05) is 10.2 Å². The summed E-state index contributed by atoms with van der Waals surface area (Å²) in [4.78, 5) is 37.3. The topological polar surface area (TPSA) is 92.6 Å². The molecule has 0 bridgehead atoms. The Morgan fingerprint density at radius 3 is 2.58 bits per heavy atom. The van der Waals surface area contributed by atoms with E-state index in [0.717, 1.165) is 22.9 Å². The van der Waals surface area contributed by atoms with E-state index in [0.29, 0.717) is 25.1 Å².